The minimum Gasteiger partial charge on any atom is -0.317 e. The van der Waals surface area contributed by atoms with Crippen LogP contribution in [0.15, 0.2) is 11.6 Å². The van der Waals surface area contributed by atoms with E-state index < -0.39 is 0 Å². The number of nitrogens with one attached hydrogen (secondary N) is 1. The zero-order chi connectivity index (χ0) is 12.2. The number of hydrogen-bond acceptors (Lipinski definition) is 4. The quantitative estimate of drug-likeness (QED) is 0.930. The Morgan fingerprint density at radius 1 is 1.21 bits per heavy atom. The number of aromatic nitrogens is 1. The van der Waals surface area contributed by atoms with E-state index in [1.165, 1.54) is 63.4 Å². The van der Waals surface area contributed by atoms with Crippen LogP contribution in [0.25, 0.3) is 0 Å². The Hall–Kier alpha value is -0.160. The van der Waals surface area contributed by atoms with Crippen LogP contribution < -0.4 is 5.32 Å². The summed E-state index contributed by atoms with van der Waals surface area (Å²) in [5.74, 6) is 1.66. The van der Waals surface area contributed by atoms with Crippen molar-refractivity contribution in [2.24, 2.45) is 5.92 Å². The van der Waals surface area contributed by atoms with Gasteiger partial charge in [0.15, 0.2) is 0 Å². The summed E-state index contributed by atoms with van der Waals surface area (Å²) in [6, 6.07) is 0. The molecule has 0 atom stereocenters. The van der Waals surface area contributed by atoms with E-state index >= 15 is 0 Å². The first kappa shape index (κ1) is 15.2. The predicted octanol–water partition coefficient (Wildman–Crippen LogP) is 2.74. The van der Waals surface area contributed by atoms with Crippen molar-refractivity contribution in [3.05, 3.63) is 16.6 Å². The molecule has 0 aromatic carbocycles. The number of nitrogens with zero attached hydrogens (tertiary/aromatic N) is 2. The van der Waals surface area contributed by atoms with Crippen molar-refractivity contribution in [3.63, 3.8) is 0 Å². The number of halogens is 1. The van der Waals surface area contributed by atoms with Crippen molar-refractivity contribution in [3.8, 4) is 0 Å². The van der Waals surface area contributed by atoms with Gasteiger partial charge >= 0.3 is 0 Å². The second-order valence-corrected chi connectivity index (χ2v) is 6.56. The molecule has 0 amide bonds. The fourth-order valence-electron chi connectivity index (χ4n) is 3.23. The molecule has 19 heavy (non-hydrogen) atoms. The molecule has 5 heteroatoms. The molecule has 0 unspecified atom stereocenters. The molecular formula is C14H24ClN3S. The summed E-state index contributed by atoms with van der Waals surface area (Å²) in [7, 11) is 0. The minimum atomic E-state index is 0. The van der Waals surface area contributed by atoms with E-state index in [0.717, 1.165) is 11.8 Å². The van der Waals surface area contributed by atoms with Crippen molar-refractivity contribution in [1.29, 1.82) is 0 Å². The number of hydrogen-bond donors (Lipinski definition) is 1. The molecule has 3 heterocycles. The van der Waals surface area contributed by atoms with Gasteiger partial charge in [-0.2, -0.15) is 0 Å². The summed E-state index contributed by atoms with van der Waals surface area (Å²) in [6.45, 7) is 6.31. The van der Waals surface area contributed by atoms with Crippen molar-refractivity contribution in [1.82, 2.24) is 15.2 Å². The summed E-state index contributed by atoms with van der Waals surface area (Å²) >= 11 is 1.83. The van der Waals surface area contributed by atoms with Gasteiger partial charge in [-0.1, -0.05) is 0 Å². The van der Waals surface area contributed by atoms with Crippen LogP contribution >= 0.6 is 23.7 Å². The normalized spacial score (nSPS) is 23.2. The monoisotopic (exact) mass is 301 g/mol. The molecule has 2 saturated heterocycles. The van der Waals surface area contributed by atoms with Crippen LogP contribution in [-0.4, -0.2) is 42.6 Å². The fourth-order valence-corrected chi connectivity index (χ4v) is 4.04. The molecule has 0 radical (unpaired) electrons. The molecule has 0 spiro atoms. The third kappa shape index (κ3) is 4.15. The van der Waals surface area contributed by atoms with E-state index in [9.17, 15) is 0 Å². The van der Waals surface area contributed by atoms with Crippen molar-refractivity contribution >= 4 is 23.7 Å². The molecule has 2 fully saturated rings. The van der Waals surface area contributed by atoms with E-state index in [1.54, 1.807) is 0 Å². The summed E-state index contributed by atoms with van der Waals surface area (Å²) in [4.78, 5) is 7.15. The van der Waals surface area contributed by atoms with E-state index in [-0.39, 0.29) is 12.4 Å². The molecule has 1 aromatic rings. The molecule has 0 saturated carbocycles. The number of rotatable bonds is 3. The lowest BCUT2D eigenvalue weighted by Gasteiger charge is -2.34. The van der Waals surface area contributed by atoms with Gasteiger partial charge in [0.1, 0.15) is 0 Å². The number of piperidine rings is 2. The number of likely N-dealkylation sites (tertiary alicyclic amines) is 1. The Morgan fingerprint density at radius 2 is 1.95 bits per heavy atom. The summed E-state index contributed by atoms with van der Waals surface area (Å²) in [6.07, 6.45) is 7.29. The maximum Gasteiger partial charge on any atom is 0.0956 e. The number of thiazole rings is 1. The van der Waals surface area contributed by atoms with Gasteiger partial charge in [0.2, 0.25) is 0 Å². The lowest BCUT2D eigenvalue weighted by Crippen LogP contribution is -2.39. The third-order valence-electron chi connectivity index (χ3n) is 4.36. The van der Waals surface area contributed by atoms with E-state index in [4.69, 9.17) is 0 Å². The van der Waals surface area contributed by atoms with E-state index in [0.29, 0.717) is 0 Å². The van der Waals surface area contributed by atoms with E-state index in [1.807, 2.05) is 17.5 Å². The highest BCUT2D eigenvalue weighted by atomic mass is 35.5. The van der Waals surface area contributed by atoms with Crippen LogP contribution in [0.3, 0.4) is 0 Å². The molecule has 3 rings (SSSR count). The Balaban J connectivity index is 0.00000133. The maximum atomic E-state index is 4.47. The molecule has 1 aromatic heterocycles. The topological polar surface area (TPSA) is 28.2 Å². The van der Waals surface area contributed by atoms with Gasteiger partial charge in [-0.05, 0) is 57.8 Å². The highest BCUT2D eigenvalue weighted by Gasteiger charge is 2.24. The van der Waals surface area contributed by atoms with Crippen LogP contribution in [0.5, 0.6) is 0 Å². The van der Waals surface area contributed by atoms with Gasteiger partial charge in [0.05, 0.1) is 5.01 Å². The molecule has 2 aliphatic heterocycles. The fraction of sp³-hybridized carbons (Fsp3) is 0.786. The second-order valence-electron chi connectivity index (χ2n) is 5.64. The molecule has 0 aliphatic carbocycles. The van der Waals surface area contributed by atoms with Crippen LogP contribution in [-0.2, 0) is 0 Å². The van der Waals surface area contributed by atoms with Gasteiger partial charge in [0.25, 0.3) is 0 Å². The summed E-state index contributed by atoms with van der Waals surface area (Å²) in [5, 5.41) is 6.92. The minimum absolute atomic E-state index is 0. The lowest BCUT2D eigenvalue weighted by molar-refractivity contribution is 0.167. The van der Waals surface area contributed by atoms with Crippen molar-refractivity contribution < 1.29 is 0 Å². The standard InChI is InChI=1S/C14H23N3S.ClH/c1-5-15-6-2-12(1)11-17-8-3-13(4-9-17)14-16-7-10-18-14;/h7,10,12-13,15H,1-6,8-9,11H2;1H. The molecule has 3 nitrogen and oxygen atoms in total. The first-order valence-corrected chi connectivity index (χ1v) is 8.12. The van der Waals surface area contributed by atoms with Crippen LogP contribution in [0, 0.1) is 5.92 Å². The second kappa shape index (κ2) is 7.58. The summed E-state index contributed by atoms with van der Waals surface area (Å²) in [5.41, 5.74) is 0. The average Bonchev–Trinajstić information content (AvgIpc) is 2.95. The highest BCUT2D eigenvalue weighted by molar-refractivity contribution is 7.09. The predicted molar refractivity (Wildman–Crippen MR) is 83.4 cm³/mol. The Bertz CT molecular complexity index is 344. The highest BCUT2D eigenvalue weighted by Crippen LogP contribution is 2.29. The first-order chi connectivity index (χ1) is 8.92. The van der Waals surface area contributed by atoms with Crippen LogP contribution in [0.2, 0.25) is 0 Å². The molecule has 108 valence electrons. The third-order valence-corrected chi connectivity index (χ3v) is 5.30. The Labute approximate surface area is 126 Å². The Morgan fingerprint density at radius 3 is 2.58 bits per heavy atom. The maximum absolute atomic E-state index is 4.47. The van der Waals surface area contributed by atoms with Gasteiger partial charge in [-0.15, -0.1) is 23.7 Å². The van der Waals surface area contributed by atoms with Crippen LogP contribution in [0.1, 0.15) is 36.6 Å². The molecule has 1 N–H and O–H groups in total. The lowest BCUT2D eigenvalue weighted by atomic mass is 9.93. The van der Waals surface area contributed by atoms with Gasteiger partial charge in [-0.25, -0.2) is 4.98 Å². The zero-order valence-electron chi connectivity index (χ0n) is 11.4. The van der Waals surface area contributed by atoms with Crippen molar-refractivity contribution in [2.75, 3.05) is 32.7 Å². The van der Waals surface area contributed by atoms with Gasteiger partial charge in [-0.3, -0.25) is 0 Å². The molecular weight excluding hydrogens is 278 g/mol. The summed E-state index contributed by atoms with van der Waals surface area (Å²) < 4.78 is 0. The molecule has 0 bridgehead atoms. The zero-order valence-corrected chi connectivity index (χ0v) is 13.0. The Kier molecular flexibility index (Phi) is 6.07. The van der Waals surface area contributed by atoms with Crippen molar-refractivity contribution in [2.45, 2.75) is 31.6 Å². The van der Waals surface area contributed by atoms with Gasteiger partial charge < -0.3 is 10.2 Å². The van der Waals surface area contributed by atoms with Crippen LogP contribution in [0.4, 0.5) is 0 Å². The smallest absolute Gasteiger partial charge is 0.0956 e. The SMILES string of the molecule is Cl.c1csc(C2CCN(CC3CCNCC3)CC2)n1. The molecule has 2 aliphatic rings. The first-order valence-electron chi connectivity index (χ1n) is 7.24. The largest absolute Gasteiger partial charge is 0.317 e. The van der Waals surface area contributed by atoms with E-state index in [2.05, 4.69) is 20.6 Å². The average molecular weight is 302 g/mol. The van der Waals surface area contributed by atoms with Gasteiger partial charge in [0, 0.05) is 24.0 Å².